The monoisotopic (exact) mass is 366 g/mol. The van der Waals surface area contributed by atoms with Gasteiger partial charge in [-0.2, -0.15) is 5.26 Å². The van der Waals surface area contributed by atoms with Crippen molar-refractivity contribution in [2.24, 2.45) is 0 Å². The second kappa shape index (κ2) is 6.65. The van der Waals surface area contributed by atoms with Crippen LogP contribution in [0.25, 0.3) is 21.3 Å². The quantitative estimate of drug-likeness (QED) is 0.679. The molecule has 4 N–H and O–H groups in total. The second-order valence-electron chi connectivity index (χ2n) is 6.15. The Labute approximate surface area is 155 Å². The summed E-state index contributed by atoms with van der Waals surface area (Å²) in [5.74, 6) is -0.0385. The highest BCUT2D eigenvalue weighted by molar-refractivity contribution is 7.21. The molecule has 0 amide bonds. The molecule has 0 spiro atoms. The number of hydrogen-bond acceptors (Lipinski definition) is 7. The lowest BCUT2D eigenvalue weighted by molar-refractivity contribution is 0.0607. The minimum Gasteiger partial charge on any atom is -0.465 e. The summed E-state index contributed by atoms with van der Waals surface area (Å²) in [6.07, 6.45) is 0. The zero-order chi connectivity index (χ0) is 19.0. The Balaban J connectivity index is 2.36. The van der Waals surface area contributed by atoms with E-state index in [9.17, 15) is 10.1 Å². The van der Waals surface area contributed by atoms with E-state index in [0.29, 0.717) is 21.7 Å². The van der Waals surface area contributed by atoms with Crippen LogP contribution in [0, 0.1) is 11.3 Å². The first-order chi connectivity index (χ1) is 12.4. The number of hydrogen-bond donors (Lipinski definition) is 2. The molecule has 0 radical (unpaired) electrons. The number of anilines is 2. The van der Waals surface area contributed by atoms with E-state index in [4.69, 9.17) is 16.2 Å². The number of nitrogens with zero attached hydrogens (tertiary/aromatic N) is 2. The van der Waals surface area contributed by atoms with Crippen LogP contribution in [0.15, 0.2) is 24.3 Å². The molecule has 0 saturated heterocycles. The van der Waals surface area contributed by atoms with Crippen molar-refractivity contribution >= 4 is 39.0 Å². The maximum absolute atomic E-state index is 12.0. The summed E-state index contributed by atoms with van der Waals surface area (Å²) < 4.78 is 4.79. The van der Waals surface area contributed by atoms with Gasteiger partial charge in [-0.15, -0.1) is 11.3 Å². The van der Waals surface area contributed by atoms with Gasteiger partial charge in [-0.25, -0.2) is 9.78 Å². The van der Waals surface area contributed by atoms with Crippen LogP contribution in [-0.4, -0.2) is 18.1 Å². The third kappa shape index (κ3) is 2.74. The standard InChI is InChI=1S/C19H18N4O2S/c1-9(2)10-4-6-11(7-5-10)13-12(8-20)17(22)23-18-14(13)15(21)16(26-18)19(24)25-3/h4-7,9H,21H2,1-3H3,(H2,22,23). The predicted octanol–water partition coefficient (Wildman–Crippen LogP) is 3.91. The zero-order valence-electron chi connectivity index (χ0n) is 14.7. The van der Waals surface area contributed by atoms with E-state index in [1.54, 1.807) is 0 Å². The fourth-order valence-corrected chi connectivity index (χ4v) is 3.88. The number of nitrogen functional groups attached to an aromatic ring is 2. The molecule has 0 aliphatic heterocycles. The SMILES string of the molecule is COC(=O)c1sc2nc(N)c(C#N)c(-c3ccc(C(C)C)cc3)c2c1N. The van der Waals surface area contributed by atoms with Gasteiger partial charge in [0.05, 0.1) is 12.8 Å². The maximum Gasteiger partial charge on any atom is 0.350 e. The molecule has 1 aromatic carbocycles. The maximum atomic E-state index is 12.0. The molecule has 26 heavy (non-hydrogen) atoms. The number of aromatic nitrogens is 1. The summed E-state index contributed by atoms with van der Waals surface area (Å²) in [5, 5.41) is 10.2. The number of rotatable bonds is 3. The number of fused-ring (bicyclic) bond motifs is 1. The largest absolute Gasteiger partial charge is 0.465 e. The molecule has 0 unspecified atom stereocenters. The van der Waals surface area contributed by atoms with Crippen LogP contribution in [0.5, 0.6) is 0 Å². The molecule has 2 heterocycles. The van der Waals surface area contributed by atoms with Crippen LogP contribution in [0.4, 0.5) is 11.5 Å². The van der Waals surface area contributed by atoms with E-state index in [2.05, 4.69) is 24.9 Å². The van der Waals surface area contributed by atoms with E-state index in [1.807, 2.05) is 24.3 Å². The van der Waals surface area contributed by atoms with E-state index in [0.717, 1.165) is 16.9 Å². The highest BCUT2D eigenvalue weighted by atomic mass is 32.1. The number of methoxy groups -OCH3 is 1. The number of thiophene rings is 1. The Hall–Kier alpha value is -3.11. The minimum atomic E-state index is -0.538. The van der Waals surface area contributed by atoms with Gasteiger partial charge in [0.15, 0.2) is 0 Å². The molecule has 3 aromatic rings. The Bertz CT molecular complexity index is 1050. The van der Waals surface area contributed by atoms with Crippen LogP contribution < -0.4 is 11.5 Å². The molecular weight excluding hydrogens is 348 g/mol. The first-order valence-corrected chi connectivity index (χ1v) is 8.80. The molecule has 0 aliphatic carbocycles. The number of nitriles is 1. The number of carbonyl (C=O) groups is 1. The van der Waals surface area contributed by atoms with Crippen LogP contribution >= 0.6 is 11.3 Å². The van der Waals surface area contributed by atoms with Gasteiger partial charge in [-0.1, -0.05) is 38.1 Å². The summed E-state index contributed by atoms with van der Waals surface area (Å²) >= 11 is 1.11. The first kappa shape index (κ1) is 17.7. The normalized spacial score (nSPS) is 10.9. The van der Waals surface area contributed by atoms with Gasteiger partial charge in [0.1, 0.15) is 27.2 Å². The van der Waals surface area contributed by atoms with Crippen molar-refractivity contribution in [1.29, 1.82) is 5.26 Å². The third-order valence-electron chi connectivity index (χ3n) is 4.25. The van der Waals surface area contributed by atoms with Gasteiger partial charge in [0, 0.05) is 10.9 Å². The molecular formula is C19H18N4O2S. The molecule has 2 aromatic heterocycles. The summed E-state index contributed by atoms with van der Waals surface area (Å²) in [4.78, 5) is 17.0. The molecule has 7 heteroatoms. The number of carbonyl (C=O) groups excluding carboxylic acids is 1. The highest BCUT2D eigenvalue weighted by Crippen LogP contribution is 2.42. The average Bonchev–Trinajstić information content (AvgIpc) is 2.96. The number of nitrogens with two attached hydrogens (primary N) is 2. The molecule has 0 fully saturated rings. The van der Waals surface area contributed by atoms with Crippen molar-refractivity contribution in [3.63, 3.8) is 0 Å². The van der Waals surface area contributed by atoms with Crippen LogP contribution in [-0.2, 0) is 4.74 Å². The second-order valence-corrected chi connectivity index (χ2v) is 7.15. The van der Waals surface area contributed by atoms with Gasteiger partial charge in [-0.05, 0) is 17.0 Å². The Morgan fingerprint density at radius 1 is 1.27 bits per heavy atom. The van der Waals surface area contributed by atoms with Gasteiger partial charge in [0.25, 0.3) is 0 Å². The van der Waals surface area contributed by atoms with E-state index >= 15 is 0 Å². The van der Waals surface area contributed by atoms with E-state index in [1.165, 1.54) is 12.7 Å². The smallest absolute Gasteiger partial charge is 0.350 e. The molecule has 6 nitrogen and oxygen atoms in total. The number of esters is 1. The topological polar surface area (TPSA) is 115 Å². The lowest BCUT2D eigenvalue weighted by atomic mass is 9.94. The number of ether oxygens (including phenoxy) is 1. The van der Waals surface area contributed by atoms with Crippen LogP contribution in [0.2, 0.25) is 0 Å². The Morgan fingerprint density at radius 3 is 2.46 bits per heavy atom. The lowest BCUT2D eigenvalue weighted by Crippen LogP contribution is -2.02. The van der Waals surface area contributed by atoms with Crippen molar-refractivity contribution in [2.75, 3.05) is 18.6 Å². The summed E-state index contributed by atoms with van der Waals surface area (Å²) in [6.45, 7) is 4.22. The van der Waals surface area contributed by atoms with Crippen molar-refractivity contribution < 1.29 is 9.53 Å². The number of benzene rings is 1. The third-order valence-corrected chi connectivity index (χ3v) is 5.33. The van der Waals surface area contributed by atoms with Crippen molar-refractivity contribution in [1.82, 2.24) is 4.98 Å². The fourth-order valence-electron chi connectivity index (χ4n) is 2.85. The molecule has 132 valence electrons. The molecule has 3 rings (SSSR count). The van der Waals surface area contributed by atoms with Crippen molar-refractivity contribution in [2.45, 2.75) is 19.8 Å². The Kier molecular flexibility index (Phi) is 4.53. The zero-order valence-corrected chi connectivity index (χ0v) is 15.5. The molecule has 0 aliphatic rings. The predicted molar refractivity (Wildman–Crippen MR) is 104 cm³/mol. The average molecular weight is 366 g/mol. The van der Waals surface area contributed by atoms with Gasteiger partial charge in [-0.3, -0.25) is 0 Å². The fraction of sp³-hybridized carbons (Fsp3) is 0.211. The lowest BCUT2D eigenvalue weighted by Gasteiger charge is -2.11. The van der Waals surface area contributed by atoms with Crippen LogP contribution in [0.3, 0.4) is 0 Å². The highest BCUT2D eigenvalue weighted by Gasteiger charge is 2.24. The molecule has 0 saturated carbocycles. The number of pyridine rings is 1. The summed E-state index contributed by atoms with van der Waals surface area (Å²) in [5.41, 5.74) is 15.3. The van der Waals surface area contributed by atoms with E-state index in [-0.39, 0.29) is 21.9 Å². The van der Waals surface area contributed by atoms with Gasteiger partial charge < -0.3 is 16.2 Å². The van der Waals surface area contributed by atoms with Crippen molar-refractivity contribution in [3.8, 4) is 17.2 Å². The first-order valence-electron chi connectivity index (χ1n) is 7.99. The van der Waals surface area contributed by atoms with E-state index < -0.39 is 5.97 Å². The molecule has 0 bridgehead atoms. The molecule has 0 atom stereocenters. The summed E-state index contributed by atoms with van der Waals surface area (Å²) in [7, 11) is 1.29. The van der Waals surface area contributed by atoms with Crippen molar-refractivity contribution in [3.05, 3.63) is 40.3 Å². The van der Waals surface area contributed by atoms with Crippen LogP contribution in [0.1, 0.15) is 40.6 Å². The van der Waals surface area contributed by atoms with Gasteiger partial charge in [0.2, 0.25) is 0 Å². The Morgan fingerprint density at radius 2 is 1.92 bits per heavy atom. The van der Waals surface area contributed by atoms with Gasteiger partial charge >= 0.3 is 5.97 Å². The summed E-state index contributed by atoms with van der Waals surface area (Å²) in [6, 6.07) is 9.99. The minimum absolute atomic E-state index is 0.112.